The number of ether oxygens (including phenoxy) is 1. The molecule has 4 rings (SSSR count). The molecule has 2 fully saturated rings. The van der Waals surface area contributed by atoms with Crippen LogP contribution in [0.5, 0.6) is 0 Å². The van der Waals surface area contributed by atoms with E-state index in [0.717, 1.165) is 43.6 Å². The van der Waals surface area contributed by atoms with Gasteiger partial charge in [0, 0.05) is 12.2 Å². The molecule has 1 unspecified atom stereocenters. The van der Waals surface area contributed by atoms with Crippen LogP contribution in [0.3, 0.4) is 0 Å². The van der Waals surface area contributed by atoms with Crippen molar-refractivity contribution in [1.29, 1.82) is 0 Å². The molecule has 2 aromatic carbocycles. The molecule has 422 valence electrons. The number of carbonyl (C=O) groups is 2. The van der Waals surface area contributed by atoms with Gasteiger partial charge in [-0.3, -0.25) is 4.79 Å². The maximum absolute atomic E-state index is 15.0. The fourth-order valence-electron chi connectivity index (χ4n) is 12.4. The third kappa shape index (κ3) is 29.0. The molecule has 2 aromatic rings. The number of rotatable bonds is 4. The Balaban J connectivity index is 1.19. The Hall–Kier alpha value is -2.86. The predicted octanol–water partition coefficient (Wildman–Crippen LogP) is 20.3. The SMILES string of the molecule is COC(=O)c1cccc(CN2CN(c3ccccc3)C3(CCCCCCCCCCCCCCCCCCCCCCCCCCCCCCCCCCCCCCCCCCCCCCCCNCC3)C2=O)c1. The molecule has 0 aromatic heterocycles. The molecule has 74 heavy (non-hydrogen) atoms. The van der Waals surface area contributed by atoms with E-state index in [1.807, 2.05) is 23.1 Å². The van der Waals surface area contributed by atoms with Gasteiger partial charge in [0.1, 0.15) is 5.54 Å². The number of benzene rings is 2. The first-order valence-electron chi connectivity index (χ1n) is 32.6. The van der Waals surface area contributed by atoms with Gasteiger partial charge in [0.05, 0.1) is 19.3 Å². The van der Waals surface area contributed by atoms with Crippen LogP contribution >= 0.6 is 0 Å². The predicted molar refractivity (Wildman–Crippen MR) is 319 cm³/mol. The lowest BCUT2D eigenvalue weighted by molar-refractivity contribution is -0.133. The van der Waals surface area contributed by atoms with Gasteiger partial charge in [0.2, 0.25) is 5.91 Å². The third-order valence-corrected chi connectivity index (χ3v) is 17.2. The van der Waals surface area contributed by atoms with E-state index in [1.165, 1.54) is 296 Å². The van der Waals surface area contributed by atoms with Crippen LogP contribution in [-0.4, -0.2) is 49.2 Å². The van der Waals surface area contributed by atoms with Crippen LogP contribution in [0.1, 0.15) is 324 Å². The molecule has 2 saturated heterocycles. The molecule has 0 bridgehead atoms. The van der Waals surface area contributed by atoms with Crippen molar-refractivity contribution in [3.8, 4) is 0 Å². The monoisotopic (exact) mass is 1020 g/mol. The van der Waals surface area contributed by atoms with E-state index in [4.69, 9.17) is 4.74 Å². The molecule has 0 radical (unpaired) electrons. The van der Waals surface area contributed by atoms with Crippen molar-refractivity contribution < 1.29 is 14.3 Å². The minimum absolute atomic E-state index is 0.223. The number of anilines is 1. The summed E-state index contributed by atoms with van der Waals surface area (Å²) in [6.45, 7) is 2.87. The van der Waals surface area contributed by atoms with Gasteiger partial charge >= 0.3 is 5.97 Å². The van der Waals surface area contributed by atoms with Gasteiger partial charge in [-0.15, -0.1) is 0 Å². The topological polar surface area (TPSA) is 61.9 Å². The minimum Gasteiger partial charge on any atom is -0.465 e. The number of carbonyl (C=O) groups excluding carboxylic acids is 2. The molecule has 2 aliphatic rings. The number of nitrogens with zero attached hydrogens (tertiary/aromatic N) is 2. The van der Waals surface area contributed by atoms with E-state index in [-0.39, 0.29) is 11.9 Å². The molecular formula is C68H117N3O3. The highest BCUT2D eigenvalue weighted by Crippen LogP contribution is 2.39. The van der Waals surface area contributed by atoms with Gasteiger partial charge in [-0.25, -0.2) is 4.79 Å². The number of para-hydroxylation sites is 1. The van der Waals surface area contributed by atoms with Gasteiger partial charge in [-0.05, 0) is 62.2 Å². The van der Waals surface area contributed by atoms with E-state index >= 15 is 0 Å². The quantitative estimate of drug-likeness (QED) is 0.309. The Kier molecular flexibility index (Phi) is 38.0. The van der Waals surface area contributed by atoms with Gasteiger partial charge in [0.25, 0.3) is 0 Å². The molecular weight excluding hydrogens is 907 g/mol. The summed E-state index contributed by atoms with van der Waals surface area (Å²) in [4.78, 5) is 31.9. The zero-order valence-corrected chi connectivity index (χ0v) is 48.6. The second kappa shape index (κ2) is 44.2. The van der Waals surface area contributed by atoms with Gasteiger partial charge in [-0.2, -0.15) is 0 Å². The summed E-state index contributed by atoms with van der Waals surface area (Å²) in [7, 11) is 1.42. The lowest BCUT2D eigenvalue weighted by atomic mass is 9.86. The standard InChI is InChI=1S/C68H117N3O3/c1-74-66(72)64-53-51-52-63(60-64)61-70-62-71(65-54-47-46-48-55-65)68(67(70)73)56-49-44-42-40-38-36-34-32-30-28-26-24-22-20-18-16-14-12-10-8-6-4-2-3-5-7-9-11-13-15-17-19-21-23-25-27-29-31-33-35-37-39-41-43-45-50-58-69-59-57-68/h46-48,51-55,60,69H,2-45,49-50,56-59,61-62H2,1H3. The summed E-state index contributed by atoms with van der Waals surface area (Å²) in [6.07, 6.45) is 66.5. The Morgan fingerprint density at radius 3 is 1.15 bits per heavy atom. The van der Waals surface area contributed by atoms with E-state index in [9.17, 15) is 9.59 Å². The van der Waals surface area contributed by atoms with E-state index in [0.29, 0.717) is 18.8 Å². The van der Waals surface area contributed by atoms with Crippen molar-refractivity contribution >= 4 is 17.6 Å². The zero-order valence-electron chi connectivity index (χ0n) is 48.6. The van der Waals surface area contributed by atoms with Crippen molar-refractivity contribution in [2.24, 2.45) is 0 Å². The van der Waals surface area contributed by atoms with Crippen molar-refractivity contribution in [3.05, 3.63) is 65.7 Å². The number of hydrogen-bond acceptors (Lipinski definition) is 5. The van der Waals surface area contributed by atoms with Crippen LogP contribution in [0.2, 0.25) is 0 Å². The first kappa shape index (κ1) is 63.7. The first-order chi connectivity index (χ1) is 36.6. The summed E-state index contributed by atoms with van der Waals surface area (Å²) in [6, 6.07) is 18.2. The van der Waals surface area contributed by atoms with E-state index in [2.05, 4.69) is 40.5 Å². The number of esters is 1. The first-order valence-corrected chi connectivity index (χ1v) is 32.6. The Labute approximate surface area is 457 Å². The van der Waals surface area contributed by atoms with E-state index in [1.54, 1.807) is 6.07 Å². The molecule has 0 saturated carbocycles. The number of amides is 1. The number of methoxy groups -OCH3 is 1. The highest BCUT2D eigenvalue weighted by atomic mass is 16.5. The van der Waals surface area contributed by atoms with Crippen LogP contribution in [0.25, 0.3) is 0 Å². The summed E-state index contributed by atoms with van der Waals surface area (Å²) in [5.41, 5.74) is 2.00. The average molecular weight is 1020 g/mol. The molecule has 6 nitrogen and oxygen atoms in total. The summed E-state index contributed by atoms with van der Waals surface area (Å²) < 4.78 is 5.03. The van der Waals surface area contributed by atoms with Crippen LogP contribution in [0.4, 0.5) is 5.69 Å². The normalized spacial score (nSPS) is 23.2. The molecule has 1 atom stereocenters. The smallest absolute Gasteiger partial charge is 0.337 e. The number of nitrogens with one attached hydrogen (secondary N) is 1. The second-order valence-electron chi connectivity index (χ2n) is 23.6. The van der Waals surface area contributed by atoms with Crippen LogP contribution in [-0.2, 0) is 16.1 Å². The van der Waals surface area contributed by atoms with Gasteiger partial charge < -0.3 is 19.9 Å². The molecule has 1 amide bonds. The van der Waals surface area contributed by atoms with Crippen LogP contribution in [0.15, 0.2) is 54.6 Å². The number of hydrogen-bond donors (Lipinski definition) is 1. The summed E-state index contributed by atoms with van der Waals surface area (Å²) in [5, 5.41) is 3.80. The molecule has 1 spiro atoms. The van der Waals surface area contributed by atoms with Crippen molar-refractivity contribution in [2.45, 2.75) is 320 Å². The Bertz CT molecular complexity index is 1560. The van der Waals surface area contributed by atoms with Crippen LogP contribution in [0, 0.1) is 0 Å². The van der Waals surface area contributed by atoms with E-state index < -0.39 is 5.54 Å². The fraction of sp³-hybridized carbons (Fsp3) is 0.794. The summed E-state index contributed by atoms with van der Waals surface area (Å²) in [5.74, 6) is -0.122. The maximum Gasteiger partial charge on any atom is 0.337 e. The largest absolute Gasteiger partial charge is 0.465 e. The molecule has 2 heterocycles. The Morgan fingerprint density at radius 2 is 0.784 bits per heavy atom. The highest BCUT2D eigenvalue weighted by molar-refractivity contribution is 5.93. The second-order valence-corrected chi connectivity index (χ2v) is 23.6. The lowest BCUT2D eigenvalue weighted by Gasteiger charge is -2.37. The van der Waals surface area contributed by atoms with Gasteiger partial charge in [0.15, 0.2) is 0 Å². The average Bonchev–Trinajstić information content (AvgIpc) is 3.68. The van der Waals surface area contributed by atoms with Gasteiger partial charge in [-0.1, -0.05) is 319 Å². The fourth-order valence-corrected chi connectivity index (χ4v) is 12.4. The maximum atomic E-state index is 15.0. The molecule has 2 aliphatic heterocycles. The molecule has 1 N–H and O–H groups in total. The zero-order chi connectivity index (χ0) is 52.1. The lowest BCUT2D eigenvalue weighted by Crippen LogP contribution is -2.51. The van der Waals surface area contributed by atoms with Crippen LogP contribution < -0.4 is 10.2 Å². The van der Waals surface area contributed by atoms with Crippen molar-refractivity contribution in [3.63, 3.8) is 0 Å². The van der Waals surface area contributed by atoms with Crippen molar-refractivity contribution in [1.82, 2.24) is 10.2 Å². The highest BCUT2D eigenvalue weighted by Gasteiger charge is 2.51. The Morgan fingerprint density at radius 1 is 0.432 bits per heavy atom. The summed E-state index contributed by atoms with van der Waals surface area (Å²) >= 11 is 0. The minimum atomic E-state index is -0.601. The molecule has 6 heteroatoms. The third-order valence-electron chi connectivity index (χ3n) is 17.2. The molecule has 0 aliphatic carbocycles. The van der Waals surface area contributed by atoms with Crippen molar-refractivity contribution in [2.75, 3.05) is 31.8 Å².